The fraction of sp³-hybridized carbons (Fsp3) is 0.556. The summed E-state index contributed by atoms with van der Waals surface area (Å²) in [6.07, 6.45) is 14.3. The standard InChI is InChI=1S/C18H26ClN/c1-2-3-4-5-6-7-8-9-10-15-14-20-18-12-11-16(19)13-17(15)18/h11-14,20H,2-10H2,1H3. The summed E-state index contributed by atoms with van der Waals surface area (Å²) in [6.45, 7) is 2.27. The SMILES string of the molecule is CCCCCCCCCCc1c[nH]c2ccc(Cl)cc12. The summed E-state index contributed by atoms with van der Waals surface area (Å²) in [5, 5.41) is 2.12. The molecule has 0 bridgehead atoms. The fourth-order valence-electron chi connectivity index (χ4n) is 2.81. The molecular formula is C18H26ClN. The molecule has 0 saturated carbocycles. The van der Waals surface area contributed by atoms with E-state index in [1.54, 1.807) is 0 Å². The number of unbranched alkanes of at least 4 members (excludes halogenated alkanes) is 7. The topological polar surface area (TPSA) is 15.8 Å². The van der Waals surface area contributed by atoms with Crippen LogP contribution in [0.3, 0.4) is 0 Å². The van der Waals surface area contributed by atoms with E-state index in [-0.39, 0.29) is 0 Å². The van der Waals surface area contributed by atoms with Gasteiger partial charge in [-0.3, -0.25) is 0 Å². The van der Waals surface area contributed by atoms with Crippen molar-refractivity contribution < 1.29 is 0 Å². The third-order valence-electron chi connectivity index (χ3n) is 4.03. The molecule has 0 atom stereocenters. The minimum atomic E-state index is 0.828. The number of aromatic nitrogens is 1. The number of hydrogen-bond acceptors (Lipinski definition) is 0. The quantitative estimate of drug-likeness (QED) is 0.507. The molecule has 1 N–H and O–H groups in total. The van der Waals surface area contributed by atoms with Gasteiger partial charge in [0, 0.05) is 22.1 Å². The van der Waals surface area contributed by atoms with Gasteiger partial charge in [-0.05, 0) is 36.6 Å². The lowest BCUT2D eigenvalue weighted by molar-refractivity contribution is 0.576. The summed E-state index contributed by atoms with van der Waals surface area (Å²) in [5.74, 6) is 0. The van der Waals surface area contributed by atoms with Crippen molar-refractivity contribution in [3.63, 3.8) is 0 Å². The molecule has 20 heavy (non-hydrogen) atoms. The molecule has 2 aromatic rings. The van der Waals surface area contributed by atoms with Crippen LogP contribution in [0.4, 0.5) is 0 Å². The van der Waals surface area contributed by atoms with Crippen molar-refractivity contribution in [2.24, 2.45) is 0 Å². The van der Waals surface area contributed by atoms with Gasteiger partial charge in [-0.1, -0.05) is 63.5 Å². The van der Waals surface area contributed by atoms with E-state index in [0.717, 1.165) is 11.4 Å². The Morgan fingerprint density at radius 2 is 1.65 bits per heavy atom. The van der Waals surface area contributed by atoms with Crippen LogP contribution in [0.5, 0.6) is 0 Å². The lowest BCUT2D eigenvalue weighted by Crippen LogP contribution is -1.85. The normalized spacial score (nSPS) is 11.3. The highest BCUT2D eigenvalue weighted by Crippen LogP contribution is 2.24. The molecule has 1 nitrogen and oxygen atoms in total. The Balaban J connectivity index is 1.69. The Morgan fingerprint density at radius 3 is 2.40 bits per heavy atom. The predicted octanol–water partition coefficient (Wildman–Crippen LogP) is 6.50. The largest absolute Gasteiger partial charge is 0.361 e. The Labute approximate surface area is 127 Å². The molecule has 110 valence electrons. The van der Waals surface area contributed by atoms with Crippen LogP contribution in [0.15, 0.2) is 24.4 Å². The van der Waals surface area contributed by atoms with E-state index in [1.807, 2.05) is 6.07 Å². The molecule has 0 unspecified atom stereocenters. The fourth-order valence-corrected chi connectivity index (χ4v) is 2.98. The molecule has 0 aliphatic heterocycles. The number of hydrogen-bond donors (Lipinski definition) is 1. The first-order chi connectivity index (χ1) is 9.81. The van der Waals surface area contributed by atoms with Crippen LogP contribution in [0.1, 0.15) is 63.9 Å². The Bertz CT molecular complexity index is 515. The van der Waals surface area contributed by atoms with Crippen molar-refractivity contribution in [1.29, 1.82) is 0 Å². The van der Waals surface area contributed by atoms with Crippen LogP contribution in [0.2, 0.25) is 5.02 Å². The molecule has 0 amide bonds. The number of benzene rings is 1. The van der Waals surface area contributed by atoms with Gasteiger partial charge in [-0.25, -0.2) is 0 Å². The summed E-state index contributed by atoms with van der Waals surface area (Å²) in [4.78, 5) is 3.33. The molecule has 0 spiro atoms. The first-order valence-electron chi connectivity index (χ1n) is 8.07. The van der Waals surface area contributed by atoms with Crippen molar-refractivity contribution >= 4 is 22.5 Å². The Kier molecular flexibility index (Phi) is 6.46. The number of aryl methyl sites for hydroxylation is 1. The Morgan fingerprint density at radius 1 is 0.950 bits per heavy atom. The van der Waals surface area contributed by atoms with Crippen LogP contribution >= 0.6 is 11.6 Å². The van der Waals surface area contributed by atoms with Crippen molar-refractivity contribution in [3.8, 4) is 0 Å². The third-order valence-corrected chi connectivity index (χ3v) is 4.26. The number of rotatable bonds is 9. The minimum absolute atomic E-state index is 0.828. The van der Waals surface area contributed by atoms with Gasteiger partial charge in [0.05, 0.1) is 0 Å². The summed E-state index contributed by atoms with van der Waals surface area (Å²) >= 11 is 6.08. The van der Waals surface area contributed by atoms with Crippen LogP contribution in [-0.4, -0.2) is 4.98 Å². The van der Waals surface area contributed by atoms with E-state index >= 15 is 0 Å². The number of aromatic amines is 1. The summed E-state index contributed by atoms with van der Waals surface area (Å²) in [5.41, 5.74) is 2.61. The van der Waals surface area contributed by atoms with Crippen LogP contribution < -0.4 is 0 Å². The predicted molar refractivity (Wildman–Crippen MR) is 89.6 cm³/mol. The highest BCUT2D eigenvalue weighted by molar-refractivity contribution is 6.31. The molecule has 1 heterocycles. The average Bonchev–Trinajstić information content (AvgIpc) is 2.84. The number of fused-ring (bicyclic) bond motifs is 1. The molecule has 2 rings (SSSR count). The van der Waals surface area contributed by atoms with E-state index in [4.69, 9.17) is 11.6 Å². The van der Waals surface area contributed by atoms with Crippen molar-refractivity contribution in [3.05, 3.63) is 35.0 Å². The lowest BCUT2D eigenvalue weighted by Gasteiger charge is -2.02. The molecule has 0 aliphatic rings. The third kappa shape index (κ3) is 4.56. The van der Waals surface area contributed by atoms with E-state index in [0.29, 0.717) is 0 Å². The monoisotopic (exact) mass is 291 g/mol. The maximum Gasteiger partial charge on any atom is 0.0457 e. The first kappa shape index (κ1) is 15.4. The second kappa shape index (κ2) is 8.36. The summed E-state index contributed by atoms with van der Waals surface area (Å²) in [6, 6.07) is 6.09. The molecular weight excluding hydrogens is 266 g/mol. The summed E-state index contributed by atoms with van der Waals surface area (Å²) in [7, 11) is 0. The smallest absolute Gasteiger partial charge is 0.0457 e. The summed E-state index contributed by atoms with van der Waals surface area (Å²) < 4.78 is 0. The molecule has 1 aromatic carbocycles. The molecule has 0 aliphatic carbocycles. The van der Waals surface area contributed by atoms with E-state index in [1.165, 1.54) is 67.8 Å². The minimum Gasteiger partial charge on any atom is -0.361 e. The van der Waals surface area contributed by atoms with Crippen molar-refractivity contribution in [2.45, 2.75) is 64.7 Å². The zero-order valence-electron chi connectivity index (χ0n) is 12.6. The maximum atomic E-state index is 6.08. The molecule has 0 radical (unpaired) electrons. The van der Waals surface area contributed by atoms with Gasteiger partial charge in [0.1, 0.15) is 0 Å². The van der Waals surface area contributed by atoms with E-state index in [9.17, 15) is 0 Å². The van der Waals surface area contributed by atoms with Gasteiger partial charge >= 0.3 is 0 Å². The number of H-pyrrole nitrogens is 1. The van der Waals surface area contributed by atoms with Crippen molar-refractivity contribution in [2.75, 3.05) is 0 Å². The van der Waals surface area contributed by atoms with Gasteiger partial charge in [0.15, 0.2) is 0 Å². The molecule has 0 saturated heterocycles. The van der Waals surface area contributed by atoms with Gasteiger partial charge in [0.2, 0.25) is 0 Å². The van der Waals surface area contributed by atoms with E-state index in [2.05, 4.69) is 30.2 Å². The molecule has 2 heteroatoms. The van der Waals surface area contributed by atoms with Gasteiger partial charge in [0.25, 0.3) is 0 Å². The zero-order chi connectivity index (χ0) is 14.2. The Hall–Kier alpha value is -0.950. The van der Waals surface area contributed by atoms with Crippen LogP contribution in [-0.2, 0) is 6.42 Å². The first-order valence-corrected chi connectivity index (χ1v) is 8.44. The van der Waals surface area contributed by atoms with Gasteiger partial charge in [-0.2, -0.15) is 0 Å². The lowest BCUT2D eigenvalue weighted by atomic mass is 10.0. The highest BCUT2D eigenvalue weighted by atomic mass is 35.5. The van der Waals surface area contributed by atoms with Crippen LogP contribution in [0, 0.1) is 0 Å². The van der Waals surface area contributed by atoms with Crippen LogP contribution in [0.25, 0.3) is 10.9 Å². The second-order valence-electron chi connectivity index (χ2n) is 5.73. The average molecular weight is 292 g/mol. The maximum absolute atomic E-state index is 6.08. The van der Waals surface area contributed by atoms with Gasteiger partial charge < -0.3 is 4.98 Å². The number of nitrogens with one attached hydrogen (secondary N) is 1. The van der Waals surface area contributed by atoms with Gasteiger partial charge in [-0.15, -0.1) is 0 Å². The van der Waals surface area contributed by atoms with Crippen molar-refractivity contribution in [1.82, 2.24) is 4.98 Å². The van der Waals surface area contributed by atoms with E-state index < -0.39 is 0 Å². The molecule has 0 fully saturated rings. The zero-order valence-corrected chi connectivity index (χ0v) is 13.3. The highest BCUT2D eigenvalue weighted by Gasteiger charge is 2.04. The second-order valence-corrected chi connectivity index (χ2v) is 6.17. The number of halogens is 1. The molecule has 1 aromatic heterocycles.